The maximum Gasteiger partial charge on any atom is 0.0502 e. The molecule has 51 heavy (non-hydrogen) atoms. The number of rotatable bonds is 4. The Morgan fingerprint density at radius 2 is 1.08 bits per heavy atom. The molecule has 0 radical (unpaired) electrons. The lowest BCUT2D eigenvalue weighted by atomic mass is 9.73. The summed E-state index contributed by atoms with van der Waals surface area (Å²) in [6, 6.07) is 50.4. The van der Waals surface area contributed by atoms with Crippen LogP contribution in [-0.4, -0.2) is 6.54 Å². The Morgan fingerprint density at radius 3 is 1.80 bits per heavy atom. The van der Waals surface area contributed by atoms with E-state index in [9.17, 15) is 0 Å². The number of nitrogens with zero attached hydrogens (tertiary/aromatic N) is 2. The third-order valence-electron chi connectivity index (χ3n) is 12.5. The van der Waals surface area contributed by atoms with Crippen LogP contribution >= 0.6 is 0 Å². The van der Waals surface area contributed by atoms with Crippen molar-refractivity contribution < 1.29 is 0 Å². The summed E-state index contributed by atoms with van der Waals surface area (Å²) >= 11 is 0. The van der Waals surface area contributed by atoms with Gasteiger partial charge in [0.25, 0.3) is 0 Å². The smallest absolute Gasteiger partial charge is 0.0502 e. The van der Waals surface area contributed by atoms with Gasteiger partial charge in [-0.3, -0.25) is 0 Å². The quantitative estimate of drug-likeness (QED) is 0.174. The molecule has 0 N–H and O–H groups in total. The Morgan fingerprint density at radius 1 is 0.510 bits per heavy atom. The lowest BCUT2D eigenvalue weighted by Crippen LogP contribution is -2.30. The molecule has 1 spiro atoms. The zero-order chi connectivity index (χ0) is 34.2. The van der Waals surface area contributed by atoms with Gasteiger partial charge in [-0.25, -0.2) is 0 Å². The largest absolute Gasteiger partial charge is 0.341 e. The summed E-state index contributed by atoms with van der Waals surface area (Å²) < 4.78 is 0. The molecule has 0 atom stereocenters. The summed E-state index contributed by atoms with van der Waals surface area (Å²) in [5.74, 6) is 0. The molecular formula is C49H44N2. The highest BCUT2D eigenvalue weighted by atomic mass is 15.2. The molecule has 0 unspecified atom stereocenters. The van der Waals surface area contributed by atoms with Crippen LogP contribution in [0.25, 0.3) is 23.3 Å². The van der Waals surface area contributed by atoms with E-state index in [1.54, 1.807) is 5.56 Å². The molecule has 0 aromatic heterocycles. The topological polar surface area (TPSA) is 6.48 Å². The Balaban J connectivity index is 0.957. The molecule has 2 heteroatoms. The van der Waals surface area contributed by atoms with Gasteiger partial charge in [0.1, 0.15) is 0 Å². The summed E-state index contributed by atoms with van der Waals surface area (Å²) in [4.78, 5) is 4.99. The van der Waals surface area contributed by atoms with E-state index in [1.807, 2.05) is 0 Å². The molecule has 10 rings (SSSR count). The minimum Gasteiger partial charge on any atom is -0.341 e. The fourth-order valence-electron chi connectivity index (χ4n) is 9.97. The summed E-state index contributed by atoms with van der Waals surface area (Å²) in [5, 5.41) is 0. The molecule has 2 aliphatic heterocycles. The monoisotopic (exact) mass is 660 g/mol. The summed E-state index contributed by atoms with van der Waals surface area (Å²) in [6.45, 7) is 5.77. The third kappa shape index (κ3) is 4.69. The molecule has 2 nitrogen and oxygen atoms in total. The number of aryl methyl sites for hydroxylation is 1. The number of hydrogen-bond acceptors (Lipinski definition) is 2. The van der Waals surface area contributed by atoms with Crippen LogP contribution < -0.4 is 9.80 Å². The minimum atomic E-state index is -0.0531. The van der Waals surface area contributed by atoms with E-state index in [4.69, 9.17) is 0 Å². The first kappa shape index (κ1) is 30.5. The van der Waals surface area contributed by atoms with Crippen LogP contribution in [0.1, 0.15) is 84.9 Å². The number of fused-ring (bicyclic) bond motifs is 8. The zero-order valence-corrected chi connectivity index (χ0v) is 29.7. The highest BCUT2D eigenvalue weighted by Gasteiger charge is 2.45. The number of benzene rings is 6. The second kappa shape index (κ2) is 11.6. The van der Waals surface area contributed by atoms with Gasteiger partial charge in [-0.05, 0) is 118 Å². The van der Waals surface area contributed by atoms with Crippen LogP contribution in [0.15, 0.2) is 133 Å². The van der Waals surface area contributed by atoms with Gasteiger partial charge in [0, 0.05) is 34.4 Å². The maximum absolute atomic E-state index is 2.56. The maximum atomic E-state index is 2.56. The average molecular weight is 661 g/mol. The molecule has 0 saturated heterocycles. The van der Waals surface area contributed by atoms with Crippen molar-refractivity contribution in [3.8, 4) is 11.1 Å². The predicted octanol–water partition coefficient (Wildman–Crippen LogP) is 12.9. The summed E-state index contributed by atoms with van der Waals surface area (Å²) in [7, 11) is 0. The van der Waals surface area contributed by atoms with E-state index in [-0.39, 0.29) is 10.8 Å². The molecule has 0 amide bonds. The summed E-state index contributed by atoms with van der Waals surface area (Å²) in [6.07, 6.45) is 12.0. The van der Waals surface area contributed by atoms with Crippen molar-refractivity contribution in [1.82, 2.24) is 0 Å². The lowest BCUT2D eigenvalue weighted by Gasteiger charge is -2.42. The van der Waals surface area contributed by atoms with E-state index in [0.717, 1.165) is 6.54 Å². The molecular weight excluding hydrogens is 617 g/mol. The standard InChI is InChI=1S/C49H44N2/c1-48(2)41-14-4-7-17-46(41)51(47-18-8-5-15-42(47)48)37-24-21-34(22-25-37)19-20-35-23-27-39-40-28-26-38(50-31-11-13-36-12-3-6-16-45(36)50)33-44(40)49(43(39)32-35)29-9-10-30-49/h3-8,12,14-28,32-33H,9-11,13,29-31H2,1-2H3/b20-19+. The van der Waals surface area contributed by atoms with Crippen molar-refractivity contribution in [3.05, 3.63) is 172 Å². The Bertz CT molecular complexity index is 2290. The van der Waals surface area contributed by atoms with Crippen LogP contribution in [0.2, 0.25) is 0 Å². The lowest BCUT2D eigenvalue weighted by molar-refractivity contribution is 0.549. The van der Waals surface area contributed by atoms with E-state index < -0.39 is 0 Å². The fraction of sp³-hybridized carbons (Fsp3) is 0.224. The third-order valence-corrected chi connectivity index (χ3v) is 12.5. The molecule has 2 aliphatic carbocycles. The van der Waals surface area contributed by atoms with Gasteiger partial charge < -0.3 is 9.80 Å². The Hall–Kier alpha value is -5.34. The normalized spacial score (nSPS) is 17.6. The number of para-hydroxylation sites is 3. The van der Waals surface area contributed by atoms with Gasteiger partial charge in [0.2, 0.25) is 0 Å². The van der Waals surface area contributed by atoms with Crippen LogP contribution in [-0.2, 0) is 17.3 Å². The van der Waals surface area contributed by atoms with E-state index >= 15 is 0 Å². The highest BCUT2D eigenvalue weighted by Crippen LogP contribution is 2.58. The van der Waals surface area contributed by atoms with Gasteiger partial charge in [-0.1, -0.05) is 130 Å². The average Bonchev–Trinajstić information content (AvgIpc) is 3.78. The zero-order valence-electron chi connectivity index (χ0n) is 29.7. The van der Waals surface area contributed by atoms with Crippen molar-refractivity contribution in [2.75, 3.05) is 16.3 Å². The number of anilines is 5. The van der Waals surface area contributed by atoms with Crippen molar-refractivity contribution in [3.63, 3.8) is 0 Å². The molecule has 0 bridgehead atoms. The second-order valence-electron chi connectivity index (χ2n) is 15.6. The summed E-state index contributed by atoms with van der Waals surface area (Å²) in [5.41, 5.74) is 19.2. The molecule has 6 aromatic carbocycles. The molecule has 2 heterocycles. The van der Waals surface area contributed by atoms with Crippen LogP contribution in [0.3, 0.4) is 0 Å². The van der Waals surface area contributed by atoms with Crippen molar-refractivity contribution >= 4 is 40.6 Å². The molecule has 1 fully saturated rings. The molecule has 4 aliphatic rings. The van der Waals surface area contributed by atoms with Gasteiger partial charge in [0.05, 0.1) is 11.4 Å². The van der Waals surface area contributed by atoms with Gasteiger partial charge >= 0.3 is 0 Å². The second-order valence-corrected chi connectivity index (χ2v) is 15.6. The SMILES string of the molecule is CC1(C)c2ccccc2N(c2ccc(/C=C/c3ccc4c(c3)C3(CCCC3)c3cc(N5CCCc6ccccc65)ccc3-4)cc2)c2ccccc21. The van der Waals surface area contributed by atoms with Gasteiger partial charge in [-0.2, -0.15) is 0 Å². The van der Waals surface area contributed by atoms with Crippen LogP contribution in [0.5, 0.6) is 0 Å². The van der Waals surface area contributed by atoms with Crippen molar-refractivity contribution in [1.29, 1.82) is 0 Å². The van der Waals surface area contributed by atoms with E-state index in [1.165, 1.54) is 111 Å². The number of hydrogen-bond donors (Lipinski definition) is 0. The predicted molar refractivity (Wildman–Crippen MR) is 215 cm³/mol. The minimum absolute atomic E-state index is 0.0531. The van der Waals surface area contributed by atoms with Crippen LogP contribution in [0, 0.1) is 0 Å². The molecule has 250 valence electrons. The fourth-order valence-corrected chi connectivity index (χ4v) is 9.97. The Labute approximate surface area is 302 Å². The first-order valence-corrected chi connectivity index (χ1v) is 18.9. The van der Waals surface area contributed by atoms with Crippen LogP contribution in [0.4, 0.5) is 28.4 Å². The van der Waals surface area contributed by atoms with E-state index in [2.05, 4.69) is 169 Å². The first-order valence-electron chi connectivity index (χ1n) is 18.9. The molecule has 1 saturated carbocycles. The van der Waals surface area contributed by atoms with E-state index in [0.29, 0.717) is 0 Å². The van der Waals surface area contributed by atoms with Gasteiger partial charge in [0.15, 0.2) is 0 Å². The molecule has 6 aromatic rings. The highest BCUT2D eigenvalue weighted by molar-refractivity contribution is 5.88. The Kier molecular flexibility index (Phi) is 6.93. The van der Waals surface area contributed by atoms with Crippen molar-refractivity contribution in [2.24, 2.45) is 0 Å². The first-order chi connectivity index (χ1) is 25.0. The van der Waals surface area contributed by atoms with Gasteiger partial charge in [-0.15, -0.1) is 0 Å². The van der Waals surface area contributed by atoms with Crippen molar-refractivity contribution in [2.45, 2.75) is 63.2 Å².